The van der Waals surface area contributed by atoms with E-state index in [9.17, 15) is 0 Å². The third-order valence-corrected chi connectivity index (χ3v) is 3.30. The lowest BCUT2D eigenvalue weighted by molar-refractivity contribution is 0.267. The van der Waals surface area contributed by atoms with Gasteiger partial charge in [0.1, 0.15) is 12.4 Å². The number of aromatic nitrogens is 1. The van der Waals surface area contributed by atoms with Crippen molar-refractivity contribution in [1.29, 1.82) is 0 Å². The topological polar surface area (TPSA) is 34.1 Å². The summed E-state index contributed by atoms with van der Waals surface area (Å²) in [5, 5.41) is 3.56. The van der Waals surface area contributed by atoms with Crippen LogP contribution in [0.1, 0.15) is 18.5 Å². The Morgan fingerprint density at radius 2 is 2.31 bits per heavy atom. The summed E-state index contributed by atoms with van der Waals surface area (Å²) in [6, 6.07) is 5.32. The molecule has 0 spiro atoms. The maximum atomic E-state index is 5.69. The second-order valence-electron chi connectivity index (χ2n) is 4.65. The van der Waals surface area contributed by atoms with E-state index in [-0.39, 0.29) is 12.4 Å². The van der Waals surface area contributed by atoms with Crippen molar-refractivity contribution in [3.8, 4) is 5.75 Å². The fourth-order valence-corrected chi connectivity index (χ4v) is 2.30. The first kappa shape index (κ1) is 11.7. The molecule has 1 N–H and O–H groups in total. The highest BCUT2D eigenvalue weighted by Gasteiger charge is 2.45. The fourth-order valence-electron chi connectivity index (χ4n) is 2.30. The third kappa shape index (κ3) is 2.47. The molecule has 3 atom stereocenters. The third-order valence-electron chi connectivity index (χ3n) is 3.30. The van der Waals surface area contributed by atoms with Gasteiger partial charge in [0.15, 0.2) is 0 Å². The van der Waals surface area contributed by atoms with E-state index in [1.165, 1.54) is 12.8 Å². The van der Waals surface area contributed by atoms with Gasteiger partial charge in [-0.1, -0.05) is 0 Å². The van der Waals surface area contributed by atoms with Gasteiger partial charge in [-0.2, -0.15) is 0 Å². The zero-order chi connectivity index (χ0) is 10.3. The van der Waals surface area contributed by atoms with E-state index in [0.29, 0.717) is 6.04 Å². The van der Waals surface area contributed by atoms with Gasteiger partial charge in [0.05, 0.1) is 6.20 Å². The van der Waals surface area contributed by atoms with E-state index in [0.717, 1.165) is 30.0 Å². The molecule has 0 bridgehead atoms. The first-order chi connectivity index (χ1) is 7.31. The molecule has 2 fully saturated rings. The summed E-state index contributed by atoms with van der Waals surface area (Å²) in [6.07, 6.45) is 4.46. The Hall–Kier alpha value is -0.800. The summed E-state index contributed by atoms with van der Waals surface area (Å²) in [5.74, 6) is 1.82. The van der Waals surface area contributed by atoms with Crippen LogP contribution in [0.25, 0.3) is 0 Å². The zero-order valence-corrected chi connectivity index (χ0v) is 10.2. The molecule has 2 heterocycles. The van der Waals surface area contributed by atoms with Crippen LogP contribution in [0.5, 0.6) is 5.75 Å². The predicted octanol–water partition coefficient (Wildman–Crippen LogP) is 1.94. The Morgan fingerprint density at radius 1 is 1.44 bits per heavy atom. The molecular formula is C12H17ClN2O. The van der Waals surface area contributed by atoms with Gasteiger partial charge >= 0.3 is 0 Å². The van der Waals surface area contributed by atoms with Crippen LogP contribution in [0.15, 0.2) is 18.3 Å². The minimum Gasteiger partial charge on any atom is -0.490 e. The summed E-state index contributed by atoms with van der Waals surface area (Å²) in [6.45, 7) is 2.76. The van der Waals surface area contributed by atoms with Gasteiger partial charge in [0.2, 0.25) is 0 Å². The van der Waals surface area contributed by atoms with Gasteiger partial charge in [-0.05, 0) is 37.8 Å². The molecule has 0 amide bonds. The Bertz CT molecular complexity index is 345. The number of nitrogens with one attached hydrogen (secondary N) is 1. The van der Waals surface area contributed by atoms with Crippen molar-refractivity contribution >= 4 is 12.4 Å². The van der Waals surface area contributed by atoms with Crippen molar-refractivity contribution in [3.05, 3.63) is 24.0 Å². The first-order valence-electron chi connectivity index (χ1n) is 5.63. The van der Waals surface area contributed by atoms with E-state index >= 15 is 0 Å². The molecular weight excluding hydrogens is 224 g/mol. The number of fused-ring (bicyclic) bond motifs is 1. The number of pyridine rings is 1. The van der Waals surface area contributed by atoms with Gasteiger partial charge in [-0.3, -0.25) is 4.98 Å². The van der Waals surface area contributed by atoms with Crippen LogP contribution < -0.4 is 10.1 Å². The summed E-state index contributed by atoms with van der Waals surface area (Å²) >= 11 is 0. The van der Waals surface area contributed by atoms with E-state index in [4.69, 9.17) is 4.74 Å². The van der Waals surface area contributed by atoms with Crippen molar-refractivity contribution in [2.45, 2.75) is 31.8 Å². The molecule has 0 radical (unpaired) electrons. The average molecular weight is 241 g/mol. The highest BCUT2D eigenvalue weighted by molar-refractivity contribution is 5.85. The normalized spacial score (nSPS) is 30.4. The van der Waals surface area contributed by atoms with Gasteiger partial charge in [-0.15, -0.1) is 12.4 Å². The minimum atomic E-state index is 0. The molecule has 88 valence electrons. The Morgan fingerprint density at radius 3 is 2.94 bits per heavy atom. The standard InChI is InChI=1S/C12H16N2O.ClH/c1-8-2-3-11(6-13-8)15-7-10-4-9-5-12(9)14-10;/h2-3,6,9-10,12,14H,4-5,7H2,1H3;1H. The largest absolute Gasteiger partial charge is 0.490 e. The monoisotopic (exact) mass is 240 g/mol. The van der Waals surface area contributed by atoms with Crippen molar-refractivity contribution < 1.29 is 4.74 Å². The van der Waals surface area contributed by atoms with Crippen LogP contribution in [0.4, 0.5) is 0 Å². The van der Waals surface area contributed by atoms with Crippen molar-refractivity contribution in [1.82, 2.24) is 10.3 Å². The molecule has 0 aromatic carbocycles. The van der Waals surface area contributed by atoms with Gasteiger partial charge in [-0.25, -0.2) is 0 Å². The molecule has 16 heavy (non-hydrogen) atoms. The van der Waals surface area contributed by atoms with Crippen molar-refractivity contribution in [3.63, 3.8) is 0 Å². The summed E-state index contributed by atoms with van der Waals surface area (Å²) < 4.78 is 5.69. The second-order valence-corrected chi connectivity index (χ2v) is 4.65. The number of hydrogen-bond acceptors (Lipinski definition) is 3. The number of ether oxygens (including phenoxy) is 1. The Labute approximate surface area is 102 Å². The van der Waals surface area contributed by atoms with E-state index in [2.05, 4.69) is 10.3 Å². The molecule has 1 saturated carbocycles. The Balaban J connectivity index is 0.000000963. The van der Waals surface area contributed by atoms with Crippen LogP contribution in [-0.4, -0.2) is 23.7 Å². The van der Waals surface area contributed by atoms with Gasteiger partial charge in [0, 0.05) is 17.8 Å². The smallest absolute Gasteiger partial charge is 0.137 e. The van der Waals surface area contributed by atoms with E-state index < -0.39 is 0 Å². The number of halogens is 1. The number of aryl methyl sites for hydroxylation is 1. The molecule has 4 heteroatoms. The molecule has 1 aliphatic heterocycles. The average Bonchev–Trinajstić information content (AvgIpc) is 2.86. The summed E-state index contributed by atoms with van der Waals surface area (Å²) in [4.78, 5) is 4.20. The van der Waals surface area contributed by atoms with Gasteiger partial charge in [0.25, 0.3) is 0 Å². The van der Waals surface area contributed by atoms with Crippen LogP contribution in [0, 0.1) is 12.8 Å². The summed E-state index contributed by atoms with van der Waals surface area (Å²) in [7, 11) is 0. The molecule has 3 unspecified atom stereocenters. The van der Waals surface area contributed by atoms with Crippen LogP contribution >= 0.6 is 12.4 Å². The van der Waals surface area contributed by atoms with E-state index in [1.54, 1.807) is 6.20 Å². The fraction of sp³-hybridized carbons (Fsp3) is 0.583. The number of piperidine rings is 1. The second kappa shape index (κ2) is 4.60. The lowest BCUT2D eigenvalue weighted by atomic mass is 10.2. The van der Waals surface area contributed by atoms with Gasteiger partial charge < -0.3 is 10.1 Å². The first-order valence-corrected chi connectivity index (χ1v) is 5.63. The molecule has 1 aliphatic carbocycles. The lowest BCUT2D eigenvalue weighted by Gasteiger charge is -2.14. The highest BCUT2D eigenvalue weighted by Crippen LogP contribution is 2.40. The molecule has 1 aromatic heterocycles. The minimum absolute atomic E-state index is 0. The molecule has 3 rings (SSSR count). The quantitative estimate of drug-likeness (QED) is 0.877. The Kier molecular flexibility index (Phi) is 3.36. The molecule has 3 nitrogen and oxygen atoms in total. The number of hydrogen-bond donors (Lipinski definition) is 1. The van der Waals surface area contributed by atoms with E-state index in [1.807, 2.05) is 19.1 Å². The molecule has 2 aliphatic rings. The number of nitrogens with zero attached hydrogens (tertiary/aromatic N) is 1. The van der Waals surface area contributed by atoms with Crippen LogP contribution in [0.3, 0.4) is 0 Å². The molecule has 1 saturated heterocycles. The predicted molar refractivity (Wildman–Crippen MR) is 65.2 cm³/mol. The summed E-state index contributed by atoms with van der Waals surface area (Å²) in [5.41, 5.74) is 1.03. The van der Waals surface area contributed by atoms with Crippen molar-refractivity contribution in [2.75, 3.05) is 6.61 Å². The maximum absolute atomic E-state index is 5.69. The van der Waals surface area contributed by atoms with Crippen molar-refractivity contribution in [2.24, 2.45) is 5.92 Å². The number of rotatable bonds is 3. The maximum Gasteiger partial charge on any atom is 0.137 e. The zero-order valence-electron chi connectivity index (χ0n) is 9.35. The van der Waals surface area contributed by atoms with Crippen LogP contribution in [0.2, 0.25) is 0 Å². The van der Waals surface area contributed by atoms with Crippen LogP contribution in [-0.2, 0) is 0 Å². The highest BCUT2D eigenvalue weighted by atomic mass is 35.5. The molecule has 1 aromatic rings. The SMILES string of the molecule is Cc1ccc(OCC2CC3CC3N2)cn1.Cl. The lowest BCUT2D eigenvalue weighted by Crippen LogP contribution is -2.31.